The number of hydrogen-bond donors (Lipinski definition) is 0. The van der Waals surface area contributed by atoms with Gasteiger partial charge in [0.15, 0.2) is 11.5 Å². The highest BCUT2D eigenvalue weighted by Gasteiger charge is 2.12. The maximum atomic E-state index is 5.30. The number of ether oxygens (including phenoxy) is 2. The number of hydrogen-bond acceptors (Lipinski definition) is 2. The summed E-state index contributed by atoms with van der Waals surface area (Å²) >= 11 is 0. The van der Waals surface area contributed by atoms with E-state index in [1.54, 1.807) is 0 Å². The van der Waals surface area contributed by atoms with Crippen LogP contribution in [-0.4, -0.2) is 6.79 Å². The Bertz CT molecular complexity index is 355. The summed E-state index contributed by atoms with van der Waals surface area (Å²) in [5.74, 6) is 1.72. The van der Waals surface area contributed by atoms with Gasteiger partial charge in [0.1, 0.15) is 0 Å². The van der Waals surface area contributed by atoms with Crippen LogP contribution >= 0.6 is 0 Å². The van der Waals surface area contributed by atoms with Crippen molar-refractivity contribution in [1.82, 2.24) is 0 Å². The van der Waals surface area contributed by atoms with Crippen molar-refractivity contribution in [1.29, 1.82) is 0 Å². The van der Waals surface area contributed by atoms with Crippen molar-refractivity contribution >= 4 is 0 Å². The lowest BCUT2D eigenvalue weighted by atomic mass is 10.1. The van der Waals surface area contributed by atoms with Crippen LogP contribution in [0.25, 0.3) is 0 Å². The van der Waals surface area contributed by atoms with E-state index in [0.29, 0.717) is 6.79 Å². The molecule has 0 spiro atoms. The van der Waals surface area contributed by atoms with Gasteiger partial charge in [0.05, 0.1) is 0 Å². The van der Waals surface area contributed by atoms with Gasteiger partial charge in [0.25, 0.3) is 0 Å². The van der Waals surface area contributed by atoms with E-state index in [1.807, 2.05) is 19.1 Å². The van der Waals surface area contributed by atoms with Crippen LogP contribution in [0.2, 0.25) is 0 Å². The Kier molecular flexibility index (Phi) is 2.44. The second-order valence-electron chi connectivity index (χ2n) is 3.64. The molecule has 0 saturated heterocycles. The first-order valence-electron chi connectivity index (χ1n) is 4.78. The second-order valence-corrected chi connectivity index (χ2v) is 3.64. The van der Waals surface area contributed by atoms with Crippen LogP contribution < -0.4 is 9.47 Å². The van der Waals surface area contributed by atoms with Crippen LogP contribution in [0.1, 0.15) is 18.9 Å². The fraction of sp³-hybridized carbons (Fsp3) is 0.333. The second kappa shape index (κ2) is 3.74. The maximum Gasteiger partial charge on any atom is 0.231 e. The van der Waals surface area contributed by atoms with E-state index >= 15 is 0 Å². The SMILES string of the molecule is C=C(C)CCc1ccc2c(c1)OCO2. The Morgan fingerprint density at radius 3 is 2.93 bits per heavy atom. The van der Waals surface area contributed by atoms with E-state index in [-0.39, 0.29) is 0 Å². The Morgan fingerprint density at radius 2 is 2.14 bits per heavy atom. The van der Waals surface area contributed by atoms with Gasteiger partial charge in [-0.25, -0.2) is 0 Å². The van der Waals surface area contributed by atoms with Crippen molar-refractivity contribution in [3.63, 3.8) is 0 Å². The summed E-state index contributed by atoms with van der Waals surface area (Å²) in [5, 5.41) is 0. The first-order chi connectivity index (χ1) is 6.75. The molecule has 0 amide bonds. The van der Waals surface area contributed by atoms with Crippen LogP contribution in [0.5, 0.6) is 11.5 Å². The summed E-state index contributed by atoms with van der Waals surface area (Å²) in [6.45, 7) is 6.28. The van der Waals surface area contributed by atoms with Crippen LogP contribution in [0.15, 0.2) is 30.4 Å². The molecule has 1 aromatic rings. The molecule has 0 radical (unpaired) electrons. The van der Waals surface area contributed by atoms with Gasteiger partial charge < -0.3 is 9.47 Å². The Morgan fingerprint density at radius 1 is 1.36 bits per heavy atom. The van der Waals surface area contributed by atoms with E-state index in [2.05, 4.69) is 12.6 Å². The highest BCUT2D eigenvalue weighted by atomic mass is 16.7. The zero-order valence-electron chi connectivity index (χ0n) is 8.38. The minimum Gasteiger partial charge on any atom is -0.454 e. The number of allylic oxidation sites excluding steroid dienone is 1. The van der Waals surface area contributed by atoms with E-state index < -0.39 is 0 Å². The van der Waals surface area contributed by atoms with Gasteiger partial charge in [-0.3, -0.25) is 0 Å². The number of benzene rings is 1. The van der Waals surface area contributed by atoms with Crippen molar-refractivity contribution in [2.75, 3.05) is 6.79 Å². The predicted molar refractivity (Wildman–Crippen MR) is 55.7 cm³/mol. The van der Waals surface area contributed by atoms with Gasteiger partial charge in [0, 0.05) is 0 Å². The summed E-state index contributed by atoms with van der Waals surface area (Å²) < 4.78 is 10.5. The zero-order valence-corrected chi connectivity index (χ0v) is 8.38. The van der Waals surface area contributed by atoms with Crippen molar-refractivity contribution < 1.29 is 9.47 Å². The Balaban J connectivity index is 2.09. The molecule has 0 N–H and O–H groups in total. The number of fused-ring (bicyclic) bond motifs is 1. The lowest BCUT2D eigenvalue weighted by Gasteiger charge is -2.02. The molecule has 2 rings (SSSR count). The van der Waals surface area contributed by atoms with Crippen molar-refractivity contribution in [3.8, 4) is 11.5 Å². The quantitative estimate of drug-likeness (QED) is 0.682. The standard InChI is InChI=1S/C12H14O2/c1-9(2)3-4-10-5-6-11-12(7-10)14-8-13-11/h5-7H,1,3-4,8H2,2H3. The van der Waals surface area contributed by atoms with Crippen molar-refractivity contribution in [2.24, 2.45) is 0 Å². The van der Waals surface area contributed by atoms with Gasteiger partial charge in [0.2, 0.25) is 6.79 Å². The molecule has 0 atom stereocenters. The van der Waals surface area contributed by atoms with Crippen LogP contribution in [-0.2, 0) is 6.42 Å². The molecule has 1 aliphatic heterocycles. The minimum atomic E-state index is 0.347. The van der Waals surface area contributed by atoms with Crippen molar-refractivity contribution in [3.05, 3.63) is 35.9 Å². The predicted octanol–water partition coefficient (Wildman–Crippen LogP) is 2.92. The van der Waals surface area contributed by atoms with Gasteiger partial charge in [-0.15, -0.1) is 6.58 Å². The molecular formula is C12H14O2. The molecular weight excluding hydrogens is 176 g/mol. The molecule has 0 fully saturated rings. The van der Waals surface area contributed by atoms with Crippen LogP contribution in [0.4, 0.5) is 0 Å². The zero-order chi connectivity index (χ0) is 9.97. The Hall–Kier alpha value is -1.44. The third-order valence-corrected chi connectivity index (χ3v) is 2.28. The van der Waals surface area contributed by atoms with Crippen LogP contribution in [0.3, 0.4) is 0 Å². The molecule has 1 aromatic carbocycles. The molecule has 0 bridgehead atoms. The molecule has 14 heavy (non-hydrogen) atoms. The van der Waals surface area contributed by atoms with E-state index in [1.165, 1.54) is 11.1 Å². The molecule has 0 aromatic heterocycles. The molecule has 1 aliphatic rings. The minimum absolute atomic E-state index is 0.347. The summed E-state index contributed by atoms with van der Waals surface area (Å²) in [5.41, 5.74) is 2.49. The molecule has 74 valence electrons. The fourth-order valence-electron chi connectivity index (χ4n) is 1.45. The van der Waals surface area contributed by atoms with Crippen LogP contribution in [0, 0.1) is 0 Å². The van der Waals surface area contributed by atoms with E-state index in [9.17, 15) is 0 Å². The number of rotatable bonds is 3. The summed E-state index contributed by atoms with van der Waals surface area (Å²) in [6, 6.07) is 6.10. The van der Waals surface area contributed by atoms with Gasteiger partial charge in [-0.05, 0) is 37.5 Å². The van der Waals surface area contributed by atoms with E-state index in [0.717, 1.165) is 24.3 Å². The lowest BCUT2D eigenvalue weighted by molar-refractivity contribution is 0.174. The smallest absolute Gasteiger partial charge is 0.231 e. The van der Waals surface area contributed by atoms with Gasteiger partial charge >= 0.3 is 0 Å². The monoisotopic (exact) mass is 190 g/mol. The van der Waals surface area contributed by atoms with Crippen molar-refractivity contribution in [2.45, 2.75) is 19.8 Å². The molecule has 0 aliphatic carbocycles. The maximum absolute atomic E-state index is 5.30. The van der Waals surface area contributed by atoms with E-state index in [4.69, 9.17) is 9.47 Å². The molecule has 2 heteroatoms. The largest absolute Gasteiger partial charge is 0.454 e. The summed E-state index contributed by atoms with van der Waals surface area (Å²) in [7, 11) is 0. The topological polar surface area (TPSA) is 18.5 Å². The summed E-state index contributed by atoms with van der Waals surface area (Å²) in [6.07, 6.45) is 2.05. The lowest BCUT2D eigenvalue weighted by Crippen LogP contribution is -1.93. The third-order valence-electron chi connectivity index (χ3n) is 2.28. The highest BCUT2D eigenvalue weighted by Crippen LogP contribution is 2.32. The number of aryl methyl sites for hydroxylation is 1. The molecule has 0 saturated carbocycles. The first kappa shape index (κ1) is 9.13. The van der Waals surface area contributed by atoms with Gasteiger partial charge in [-0.2, -0.15) is 0 Å². The first-order valence-corrected chi connectivity index (χ1v) is 4.78. The third kappa shape index (κ3) is 1.90. The molecule has 2 nitrogen and oxygen atoms in total. The molecule has 1 heterocycles. The summed E-state index contributed by atoms with van der Waals surface area (Å²) in [4.78, 5) is 0. The average molecular weight is 190 g/mol. The molecule has 0 unspecified atom stereocenters. The van der Waals surface area contributed by atoms with Gasteiger partial charge in [-0.1, -0.05) is 11.6 Å². The average Bonchev–Trinajstić information content (AvgIpc) is 2.61. The Labute approximate surface area is 84.2 Å². The fourth-order valence-corrected chi connectivity index (χ4v) is 1.45. The normalized spacial score (nSPS) is 12.9. The highest BCUT2D eigenvalue weighted by molar-refractivity contribution is 5.44.